The zero-order chi connectivity index (χ0) is 16.3. The minimum absolute atomic E-state index is 0.117. The van der Waals surface area contributed by atoms with Gasteiger partial charge < -0.3 is 4.90 Å². The van der Waals surface area contributed by atoms with E-state index in [1.54, 1.807) is 44.1 Å². The lowest BCUT2D eigenvalue weighted by Crippen LogP contribution is -2.10. The van der Waals surface area contributed by atoms with Crippen LogP contribution < -0.4 is 0 Å². The first kappa shape index (κ1) is 15.9. The topological polar surface area (TPSA) is 41.4 Å². The number of nitrogens with zero attached hydrogens (tertiary/aromatic N) is 4. The van der Waals surface area contributed by atoms with Gasteiger partial charge in [0.2, 0.25) is 0 Å². The lowest BCUT2D eigenvalue weighted by molar-refractivity contribution is -0.141. The van der Waals surface area contributed by atoms with Crippen LogP contribution in [0.2, 0.25) is 0 Å². The van der Waals surface area contributed by atoms with Crippen molar-refractivity contribution < 1.29 is 13.2 Å². The van der Waals surface area contributed by atoms with Crippen LogP contribution >= 0.6 is 0 Å². The minimum atomic E-state index is -4.55. The van der Waals surface area contributed by atoms with Crippen molar-refractivity contribution >= 4 is 12.2 Å². The van der Waals surface area contributed by atoms with Gasteiger partial charge in [-0.15, -0.1) is 0 Å². The van der Waals surface area contributed by atoms with E-state index in [2.05, 4.69) is 15.0 Å². The highest BCUT2D eigenvalue weighted by molar-refractivity contribution is 5.75. The summed E-state index contributed by atoms with van der Waals surface area (Å²) in [4.78, 5) is 13.3. The molecule has 0 aliphatic carbocycles. The fraction of sp³-hybridized carbons (Fsp3) is 0.267. The van der Waals surface area contributed by atoms with Gasteiger partial charge in [-0.25, -0.2) is 15.0 Å². The molecule has 0 amide bonds. The smallest absolute Gasteiger partial charge is 0.369 e. The molecule has 0 aliphatic rings. The normalized spacial score (nSPS) is 11.9. The molecule has 2 rings (SSSR count). The van der Waals surface area contributed by atoms with Crippen LogP contribution in [0.1, 0.15) is 11.3 Å². The van der Waals surface area contributed by atoms with Crippen molar-refractivity contribution in [2.45, 2.75) is 13.1 Å². The summed E-state index contributed by atoms with van der Waals surface area (Å²) < 4.78 is 38.6. The van der Waals surface area contributed by atoms with Gasteiger partial charge in [-0.05, 0) is 12.5 Å². The number of aromatic nitrogens is 2. The first-order chi connectivity index (χ1) is 10.3. The number of aliphatic imine (C=N–C) groups is 1. The fourth-order valence-electron chi connectivity index (χ4n) is 1.80. The van der Waals surface area contributed by atoms with E-state index in [1.165, 1.54) is 6.34 Å². The zero-order valence-electron chi connectivity index (χ0n) is 12.4. The van der Waals surface area contributed by atoms with Gasteiger partial charge in [-0.3, -0.25) is 0 Å². The quantitative estimate of drug-likeness (QED) is 0.641. The molecule has 0 saturated heterocycles. The molecule has 0 N–H and O–H groups in total. The Kier molecular flexibility index (Phi) is 4.44. The van der Waals surface area contributed by atoms with E-state index in [4.69, 9.17) is 0 Å². The Labute approximate surface area is 126 Å². The van der Waals surface area contributed by atoms with Crippen LogP contribution in [-0.4, -0.2) is 35.3 Å². The number of alkyl halides is 3. The summed E-state index contributed by atoms with van der Waals surface area (Å²) in [6.07, 6.45) is -2.38. The van der Waals surface area contributed by atoms with E-state index in [0.717, 1.165) is 5.56 Å². The molecule has 1 aromatic carbocycles. The largest absolute Gasteiger partial charge is 0.434 e. The molecule has 1 heterocycles. The van der Waals surface area contributed by atoms with E-state index in [9.17, 15) is 13.2 Å². The van der Waals surface area contributed by atoms with E-state index in [1.807, 2.05) is 6.07 Å². The maximum Gasteiger partial charge on any atom is 0.434 e. The third-order valence-electron chi connectivity index (χ3n) is 2.85. The van der Waals surface area contributed by atoms with E-state index in [-0.39, 0.29) is 11.5 Å². The number of hydrogen-bond acceptors (Lipinski definition) is 3. The average Bonchev–Trinajstić information content (AvgIpc) is 2.44. The maximum absolute atomic E-state index is 12.9. The second-order valence-electron chi connectivity index (χ2n) is 4.95. The second-order valence-corrected chi connectivity index (χ2v) is 4.95. The third-order valence-corrected chi connectivity index (χ3v) is 2.85. The van der Waals surface area contributed by atoms with E-state index in [0.29, 0.717) is 11.8 Å². The number of hydrogen-bond donors (Lipinski definition) is 0. The van der Waals surface area contributed by atoms with Crippen LogP contribution in [0.5, 0.6) is 0 Å². The van der Waals surface area contributed by atoms with Gasteiger partial charge in [0.25, 0.3) is 0 Å². The highest BCUT2D eigenvalue weighted by Gasteiger charge is 2.34. The summed E-state index contributed by atoms with van der Waals surface area (Å²) in [5.74, 6) is 0.149. The molecule has 0 spiro atoms. The molecular formula is C15H15F3N4. The predicted octanol–water partition coefficient (Wildman–Crippen LogP) is 3.69. The third kappa shape index (κ3) is 3.60. The molecule has 0 fully saturated rings. The van der Waals surface area contributed by atoms with Crippen LogP contribution in [0.15, 0.2) is 35.5 Å². The fourth-order valence-corrected chi connectivity index (χ4v) is 1.80. The minimum Gasteiger partial charge on any atom is -0.369 e. The summed E-state index contributed by atoms with van der Waals surface area (Å²) >= 11 is 0. The number of aryl methyl sites for hydroxylation is 1. The summed E-state index contributed by atoms with van der Waals surface area (Å²) in [7, 11) is 3.52. The van der Waals surface area contributed by atoms with E-state index >= 15 is 0 Å². The van der Waals surface area contributed by atoms with Gasteiger partial charge in [0, 0.05) is 19.7 Å². The van der Waals surface area contributed by atoms with Gasteiger partial charge in [0.1, 0.15) is 5.69 Å². The van der Waals surface area contributed by atoms with Crippen molar-refractivity contribution in [3.05, 3.63) is 41.7 Å². The highest BCUT2D eigenvalue weighted by Crippen LogP contribution is 2.33. The molecule has 116 valence electrons. The zero-order valence-corrected chi connectivity index (χ0v) is 12.4. The standard InChI is InChI=1S/C15H15F3N4/c1-10-6-4-5-7-11(10)13-14(20-9-22(2)3)19-8-12(21-13)15(16,17)18/h4-9H,1-3H3. The molecule has 0 unspecified atom stereocenters. The Morgan fingerprint density at radius 2 is 1.86 bits per heavy atom. The van der Waals surface area contributed by atoms with Crippen LogP contribution in [-0.2, 0) is 6.18 Å². The number of rotatable bonds is 3. The summed E-state index contributed by atoms with van der Waals surface area (Å²) in [6.45, 7) is 1.80. The number of benzene rings is 1. The molecule has 2 aromatic rings. The Hall–Kier alpha value is -2.44. The van der Waals surface area contributed by atoms with Gasteiger partial charge in [-0.1, -0.05) is 24.3 Å². The Morgan fingerprint density at radius 1 is 1.18 bits per heavy atom. The van der Waals surface area contributed by atoms with Gasteiger partial charge in [-0.2, -0.15) is 13.2 Å². The SMILES string of the molecule is Cc1ccccc1-c1nc(C(F)(F)F)cnc1N=CN(C)C. The predicted molar refractivity (Wildman–Crippen MR) is 79.0 cm³/mol. The summed E-state index contributed by atoms with van der Waals surface area (Å²) in [5, 5.41) is 0. The lowest BCUT2D eigenvalue weighted by atomic mass is 10.1. The molecule has 0 bridgehead atoms. The van der Waals surface area contributed by atoms with Crippen molar-refractivity contribution in [1.82, 2.24) is 14.9 Å². The van der Waals surface area contributed by atoms with Gasteiger partial charge in [0.05, 0.1) is 12.5 Å². The Bertz CT molecular complexity index is 693. The first-order valence-electron chi connectivity index (χ1n) is 6.50. The van der Waals surface area contributed by atoms with Crippen molar-refractivity contribution in [1.29, 1.82) is 0 Å². The highest BCUT2D eigenvalue weighted by atomic mass is 19.4. The van der Waals surface area contributed by atoms with Crippen molar-refractivity contribution in [3.8, 4) is 11.3 Å². The van der Waals surface area contributed by atoms with Crippen molar-refractivity contribution in [2.24, 2.45) is 4.99 Å². The number of halogens is 3. The van der Waals surface area contributed by atoms with E-state index < -0.39 is 11.9 Å². The maximum atomic E-state index is 12.9. The van der Waals surface area contributed by atoms with Crippen LogP contribution in [0.25, 0.3) is 11.3 Å². The van der Waals surface area contributed by atoms with Crippen molar-refractivity contribution in [2.75, 3.05) is 14.1 Å². The van der Waals surface area contributed by atoms with Crippen LogP contribution in [0.4, 0.5) is 19.0 Å². The molecule has 0 aliphatic heterocycles. The molecular weight excluding hydrogens is 293 g/mol. The monoisotopic (exact) mass is 308 g/mol. The molecule has 0 atom stereocenters. The van der Waals surface area contributed by atoms with Gasteiger partial charge in [0.15, 0.2) is 11.5 Å². The van der Waals surface area contributed by atoms with Crippen LogP contribution in [0, 0.1) is 6.92 Å². The van der Waals surface area contributed by atoms with Gasteiger partial charge >= 0.3 is 6.18 Å². The molecule has 4 nitrogen and oxygen atoms in total. The van der Waals surface area contributed by atoms with Crippen LogP contribution in [0.3, 0.4) is 0 Å². The average molecular weight is 308 g/mol. The molecule has 0 saturated carbocycles. The Balaban J connectivity index is 2.63. The molecule has 22 heavy (non-hydrogen) atoms. The second kappa shape index (κ2) is 6.13. The molecule has 1 aromatic heterocycles. The molecule has 0 radical (unpaired) electrons. The van der Waals surface area contributed by atoms with Crippen molar-refractivity contribution in [3.63, 3.8) is 0 Å². The summed E-state index contributed by atoms with van der Waals surface area (Å²) in [5.41, 5.74) is 0.463. The summed E-state index contributed by atoms with van der Waals surface area (Å²) in [6, 6.07) is 7.05. The molecule has 7 heteroatoms. The Morgan fingerprint density at radius 3 is 2.45 bits per heavy atom. The first-order valence-corrected chi connectivity index (χ1v) is 6.50. The lowest BCUT2D eigenvalue weighted by Gasteiger charge is -2.11.